The van der Waals surface area contributed by atoms with Gasteiger partial charge in [0.25, 0.3) is 0 Å². The van der Waals surface area contributed by atoms with E-state index in [1.165, 1.54) is 19.4 Å². The molecule has 0 bridgehead atoms. The lowest BCUT2D eigenvalue weighted by Gasteiger charge is -2.29. The summed E-state index contributed by atoms with van der Waals surface area (Å²) in [6, 6.07) is 11.5. The molecule has 1 unspecified atom stereocenters. The van der Waals surface area contributed by atoms with E-state index in [1.54, 1.807) is 6.07 Å². The third-order valence-corrected chi connectivity index (χ3v) is 4.31. The van der Waals surface area contributed by atoms with Crippen molar-refractivity contribution >= 4 is 5.91 Å². The van der Waals surface area contributed by atoms with Crippen LogP contribution in [0.5, 0.6) is 0 Å². The van der Waals surface area contributed by atoms with Crippen molar-refractivity contribution in [2.24, 2.45) is 5.73 Å². The van der Waals surface area contributed by atoms with Gasteiger partial charge in [0, 0.05) is 35.5 Å². The Labute approximate surface area is 131 Å². The van der Waals surface area contributed by atoms with E-state index in [-0.39, 0.29) is 0 Å². The van der Waals surface area contributed by atoms with E-state index < -0.39 is 5.91 Å². The van der Waals surface area contributed by atoms with Crippen LogP contribution in [0.3, 0.4) is 0 Å². The van der Waals surface area contributed by atoms with Crippen LogP contribution in [0.15, 0.2) is 42.6 Å². The number of hydrogen-bond donors (Lipinski definition) is 1. The molecule has 1 amide bonds. The highest BCUT2D eigenvalue weighted by Crippen LogP contribution is 2.26. The Morgan fingerprint density at radius 1 is 1.27 bits per heavy atom. The Bertz CT molecular complexity index is 666. The zero-order valence-electron chi connectivity index (χ0n) is 12.8. The van der Waals surface area contributed by atoms with Crippen LogP contribution in [0.1, 0.15) is 34.8 Å². The highest BCUT2D eigenvalue weighted by Gasteiger charge is 2.19. The van der Waals surface area contributed by atoms with Crippen molar-refractivity contribution in [3.8, 4) is 11.1 Å². The number of likely N-dealkylation sites (tertiary alicyclic amines) is 1. The number of nitrogens with two attached hydrogens (primary N) is 1. The average molecular weight is 295 g/mol. The number of hydrogen-bond acceptors (Lipinski definition) is 3. The molecule has 1 aromatic carbocycles. The minimum absolute atomic E-state index is 0.406. The monoisotopic (exact) mass is 295 g/mol. The fourth-order valence-electron chi connectivity index (χ4n) is 3.08. The van der Waals surface area contributed by atoms with Gasteiger partial charge in [0.2, 0.25) is 5.91 Å². The Balaban J connectivity index is 1.82. The van der Waals surface area contributed by atoms with Crippen LogP contribution < -0.4 is 5.73 Å². The lowest BCUT2D eigenvalue weighted by Crippen LogP contribution is -2.31. The van der Waals surface area contributed by atoms with Crippen LogP contribution >= 0.6 is 0 Å². The molecule has 0 saturated carbocycles. The van der Waals surface area contributed by atoms with Crippen LogP contribution in [-0.4, -0.2) is 35.9 Å². The minimum Gasteiger partial charge on any atom is -0.366 e. The Morgan fingerprint density at radius 3 is 2.82 bits per heavy atom. The standard InChI is InChI=1S/C18H21N3O/c1-21-9-3-6-16(12-21)17-8-7-15(11-20-17)13-4-2-5-14(10-13)18(19)22/h2,4-5,7-8,10-11,16H,3,6,9,12H2,1H3,(H2,19,22). The normalized spacial score (nSPS) is 19.0. The predicted octanol–water partition coefficient (Wildman–Crippen LogP) is 2.66. The average Bonchev–Trinajstić information content (AvgIpc) is 2.55. The summed E-state index contributed by atoms with van der Waals surface area (Å²) in [5, 5.41) is 0. The van der Waals surface area contributed by atoms with Crippen LogP contribution in [0.25, 0.3) is 11.1 Å². The lowest BCUT2D eigenvalue weighted by molar-refractivity contribution is 0.100. The molecule has 1 aliphatic heterocycles. The number of likely N-dealkylation sites (N-methyl/N-ethyl adjacent to an activating group) is 1. The zero-order chi connectivity index (χ0) is 15.5. The van der Waals surface area contributed by atoms with E-state index in [2.05, 4.69) is 29.1 Å². The van der Waals surface area contributed by atoms with Gasteiger partial charge in [0.1, 0.15) is 0 Å². The first-order chi connectivity index (χ1) is 10.6. The number of aromatic nitrogens is 1. The number of primary amides is 1. The molecule has 1 aliphatic rings. The first-order valence-electron chi connectivity index (χ1n) is 7.68. The molecule has 1 saturated heterocycles. The summed E-state index contributed by atoms with van der Waals surface area (Å²) < 4.78 is 0. The molecule has 3 rings (SSSR count). The van der Waals surface area contributed by atoms with Gasteiger partial charge in [0.15, 0.2) is 0 Å². The molecule has 4 heteroatoms. The Hall–Kier alpha value is -2.20. The van der Waals surface area contributed by atoms with Crippen molar-refractivity contribution in [1.29, 1.82) is 0 Å². The summed E-state index contributed by atoms with van der Waals surface area (Å²) >= 11 is 0. The summed E-state index contributed by atoms with van der Waals surface area (Å²) in [5.41, 5.74) is 8.99. The fourth-order valence-corrected chi connectivity index (χ4v) is 3.08. The van der Waals surface area contributed by atoms with E-state index in [0.717, 1.165) is 23.4 Å². The maximum Gasteiger partial charge on any atom is 0.248 e. The molecule has 1 fully saturated rings. The number of piperidine rings is 1. The summed E-state index contributed by atoms with van der Waals surface area (Å²) in [7, 11) is 2.16. The smallest absolute Gasteiger partial charge is 0.248 e. The van der Waals surface area contributed by atoms with Crippen LogP contribution in [0, 0.1) is 0 Å². The van der Waals surface area contributed by atoms with Crippen molar-refractivity contribution < 1.29 is 4.79 Å². The Morgan fingerprint density at radius 2 is 2.14 bits per heavy atom. The van der Waals surface area contributed by atoms with Gasteiger partial charge in [-0.2, -0.15) is 0 Å². The summed E-state index contributed by atoms with van der Waals surface area (Å²) in [6.07, 6.45) is 4.32. The summed E-state index contributed by atoms with van der Waals surface area (Å²) in [4.78, 5) is 18.3. The fraction of sp³-hybridized carbons (Fsp3) is 0.333. The van der Waals surface area contributed by atoms with Gasteiger partial charge in [-0.1, -0.05) is 18.2 Å². The summed E-state index contributed by atoms with van der Waals surface area (Å²) in [6.45, 7) is 2.25. The van der Waals surface area contributed by atoms with Gasteiger partial charge >= 0.3 is 0 Å². The first-order valence-corrected chi connectivity index (χ1v) is 7.68. The van der Waals surface area contributed by atoms with Crippen molar-refractivity contribution in [3.05, 3.63) is 53.9 Å². The van der Waals surface area contributed by atoms with Crippen LogP contribution in [-0.2, 0) is 0 Å². The van der Waals surface area contributed by atoms with E-state index in [4.69, 9.17) is 5.73 Å². The van der Waals surface area contributed by atoms with Gasteiger partial charge in [0.05, 0.1) is 0 Å². The van der Waals surface area contributed by atoms with Gasteiger partial charge in [-0.3, -0.25) is 9.78 Å². The number of pyridine rings is 1. The third kappa shape index (κ3) is 3.17. The van der Waals surface area contributed by atoms with E-state index >= 15 is 0 Å². The SMILES string of the molecule is CN1CCCC(c2ccc(-c3cccc(C(N)=O)c3)cn2)C1. The van der Waals surface area contributed by atoms with Gasteiger partial charge < -0.3 is 10.6 Å². The number of carbonyl (C=O) groups excluding carboxylic acids is 1. The minimum atomic E-state index is -0.406. The van der Waals surface area contributed by atoms with Crippen LogP contribution in [0.2, 0.25) is 0 Å². The van der Waals surface area contributed by atoms with E-state index in [9.17, 15) is 4.79 Å². The maximum atomic E-state index is 11.3. The predicted molar refractivity (Wildman–Crippen MR) is 87.7 cm³/mol. The highest BCUT2D eigenvalue weighted by atomic mass is 16.1. The highest BCUT2D eigenvalue weighted by molar-refractivity contribution is 5.94. The number of rotatable bonds is 3. The second-order valence-corrected chi connectivity index (χ2v) is 6.02. The molecule has 0 aliphatic carbocycles. The molecule has 2 aromatic rings. The second kappa shape index (κ2) is 6.28. The maximum absolute atomic E-state index is 11.3. The molecular formula is C18H21N3O. The topological polar surface area (TPSA) is 59.2 Å². The van der Waals surface area contributed by atoms with Crippen molar-refractivity contribution in [1.82, 2.24) is 9.88 Å². The molecule has 2 heterocycles. The first kappa shape index (κ1) is 14.7. The van der Waals surface area contributed by atoms with Crippen molar-refractivity contribution in [2.75, 3.05) is 20.1 Å². The Kier molecular flexibility index (Phi) is 4.20. The molecule has 2 N–H and O–H groups in total. The molecule has 1 aromatic heterocycles. The van der Waals surface area contributed by atoms with Gasteiger partial charge in [-0.25, -0.2) is 0 Å². The van der Waals surface area contributed by atoms with Crippen molar-refractivity contribution in [3.63, 3.8) is 0 Å². The zero-order valence-corrected chi connectivity index (χ0v) is 12.8. The van der Waals surface area contributed by atoms with Crippen LogP contribution in [0.4, 0.5) is 0 Å². The lowest BCUT2D eigenvalue weighted by atomic mass is 9.94. The second-order valence-electron chi connectivity index (χ2n) is 6.02. The molecule has 0 spiro atoms. The van der Waals surface area contributed by atoms with Gasteiger partial charge in [-0.15, -0.1) is 0 Å². The van der Waals surface area contributed by atoms with Gasteiger partial charge in [-0.05, 0) is 50.2 Å². The van der Waals surface area contributed by atoms with Crippen molar-refractivity contribution in [2.45, 2.75) is 18.8 Å². The number of benzene rings is 1. The quantitative estimate of drug-likeness (QED) is 0.947. The van der Waals surface area contributed by atoms with E-state index in [1.807, 2.05) is 24.4 Å². The third-order valence-electron chi connectivity index (χ3n) is 4.31. The molecule has 0 radical (unpaired) electrons. The summed E-state index contributed by atoms with van der Waals surface area (Å²) in [5.74, 6) is 0.112. The number of carbonyl (C=O) groups is 1. The molecule has 1 atom stereocenters. The molecule has 114 valence electrons. The molecule has 4 nitrogen and oxygen atoms in total. The molecular weight excluding hydrogens is 274 g/mol. The molecule has 22 heavy (non-hydrogen) atoms. The number of nitrogens with zero attached hydrogens (tertiary/aromatic N) is 2. The van der Waals surface area contributed by atoms with E-state index in [0.29, 0.717) is 11.5 Å². The largest absolute Gasteiger partial charge is 0.366 e. The number of amides is 1.